The van der Waals surface area contributed by atoms with Gasteiger partial charge in [-0.3, -0.25) is 0 Å². The predicted molar refractivity (Wildman–Crippen MR) is 225 cm³/mol. The maximum absolute atomic E-state index is 6.43. The number of unbranched alkanes of at least 4 members (excludes halogenated alkanes) is 24. The van der Waals surface area contributed by atoms with Crippen LogP contribution >= 0.6 is 6.64 Å². The molecule has 0 aliphatic rings. The molecular formula is C43H88N2O2PS+. The zero-order valence-electron chi connectivity index (χ0n) is 34.2. The summed E-state index contributed by atoms with van der Waals surface area (Å²) < 4.78 is 16.1. The lowest BCUT2D eigenvalue weighted by Crippen LogP contribution is -2.36. The number of hydrogen-bond acceptors (Lipinski definition) is 3. The molecule has 0 amide bonds. The highest BCUT2D eigenvalue weighted by atomic mass is 32.5. The summed E-state index contributed by atoms with van der Waals surface area (Å²) in [6.07, 6.45) is 47.7. The summed E-state index contributed by atoms with van der Waals surface area (Å²) in [4.78, 5) is 0. The number of hydrogen-bond donors (Lipinski definition) is 0. The van der Waals surface area contributed by atoms with E-state index in [1.807, 2.05) is 0 Å². The Kier molecular flexibility index (Phi) is 36.3. The monoisotopic (exact) mass is 728 g/mol. The molecule has 0 N–H and O–H groups in total. The van der Waals surface area contributed by atoms with Crippen LogP contribution in [0.5, 0.6) is 0 Å². The number of quaternary nitrogens is 1. The minimum atomic E-state index is -2.43. The van der Waals surface area contributed by atoms with Crippen LogP contribution in [0.15, 0.2) is 24.3 Å². The van der Waals surface area contributed by atoms with Crippen molar-refractivity contribution in [3.8, 4) is 0 Å². The molecule has 0 heterocycles. The molecule has 0 aliphatic heterocycles. The Bertz CT molecular complexity index is 734. The Morgan fingerprint density at radius 3 is 1.10 bits per heavy atom. The third-order valence-electron chi connectivity index (χ3n) is 9.55. The minimum Gasteiger partial charge on any atom is -0.331 e. The summed E-state index contributed by atoms with van der Waals surface area (Å²) in [6.45, 7) is 5.67. The third kappa shape index (κ3) is 36.1. The predicted octanol–water partition coefficient (Wildman–Crippen LogP) is 14.3. The second kappa shape index (κ2) is 36.3. The highest BCUT2D eigenvalue weighted by molar-refractivity contribution is 8.08. The van der Waals surface area contributed by atoms with Crippen LogP contribution in [0.2, 0.25) is 0 Å². The molecule has 0 aromatic heterocycles. The van der Waals surface area contributed by atoms with Crippen molar-refractivity contribution in [3.05, 3.63) is 24.3 Å². The first kappa shape index (κ1) is 49.0. The van der Waals surface area contributed by atoms with E-state index in [0.717, 1.165) is 50.0 Å². The van der Waals surface area contributed by atoms with E-state index < -0.39 is 6.64 Å². The molecule has 0 aromatic carbocycles. The van der Waals surface area contributed by atoms with Gasteiger partial charge in [0.15, 0.2) is 0 Å². The van der Waals surface area contributed by atoms with Crippen molar-refractivity contribution in [2.45, 2.75) is 200 Å². The van der Waals surface area contributed by atoms with Crippen LogP contribution < -0.4 is 0 Å². The minimum absolute atomic E-state index is 0.728. The van der Waals surface area contributed by atoms with E-state index in [1.165, 1.54) is 167 Å². The molecule has 6 heteroatoms. The van der Waals surface area contributed by atoms with Crippen LogP contribution in [-0.2, 0) is 20.9 Å². The van der Waals surface area contributed by atoms with Gasteiger partial charge in [-0.25, -0.2) is 4.67 Å². The summed E-state index contributed by atoms with van der Waals surface area (Å²) in [5.41, 5.74) is 0. The Hall–Kier alpha value is -0.0300. The molecule has 0 fully saturated rings. The van der Waals surface area contributed by atoms with Gasteiger partial charge in [0, 0.05) is 13.0 Å². The Balaban J connectivity index is 4.10. The van der Waals surface area contributed by atoms with Crippen molar-refractivity contribution in [2.75, 3.05) is 54.5 Å². The molecule has 0 bridgehead atoms. The van der Waals surface area contributed by atoms with Crippen molar-refractivity contribution in [1.29, 1.82) is 0 Å². The molecule has 0 radical (unpaired) electrons. The standard InChI is InChI=1S/C43H88N2O2PS/c1-7-9-11-13-15-17-19-21-23-25-27-29-31-33-35-37-42-46-48(49,44(3)40-39-41-45(4,5)6)47-43-38-36-34-32-30-28-26-24-22-20-18-16-14-12-10-8-2/h21-24H,7-20,25-43H2,1-6H3/q+1/b23-21-,24-22-. The van der Waals surface area contributed by atoms with Gasteiger partial charge in [0.1, 0.15) is 0 Å². The molecular weight excluding hydrogens is 640 g/mol. The summed E-state index contributed by atoms with van der Waals surface area (Å²) in [5.74, 6) is 0. The van der Waals surface area contributed by atoms with Crippen LogP contribution in [0.1, 0.15) is 200 Å². The SMILES string of the molecule is CCCCCCCC/C=C\CCCCCCCCOP(=S)(OCCCCCCCC/C=C\CCCCCCCC)N(C)CCC[N+](C)(C)C. The van der Waals surface area contributed by atoms with Gasteiger partial charge in [-0.2, -0.15) is 0 Å². The first-order chi connectivity index (χ1) is 23.7. The summed E-state index contributed by atoms with van der Waals surface area (Å²) >= 11 is 6.13. The van der Waals surface area contributed by atoms with E-state index >= 15 is 0 Å². The van der Waals surface area contributed by atoms with E-state index in [2.05, 4.69) is 71.0 Å². The second-order valence-electron chi connectivity index (χ2n) is 15.8. The highest BCUT2D eigenvalue weighted by Crippen LogP contribution is 2.51. The van der Waals surface area contributed by atoms with Gasteiger partial charge in [0.2, 0.25) is 0 Å². The van der Waals surface area contributed by atoms with Crippen LogP contribution in [0.3, 0.4) is 0 Å². The van der Waals surface area contributed by atoms with Gasteiger partial charge in [0.25, 0.3) is 6.64 Å². The van der Waals surface area contributed by atoms with Gasteiger partial charge < -0.3 is 13.5 Å². The molecule has 0 rings (SSSR count). The van der Waals surface area contributed by atoms with Crippen molar-refractivity contribution in [3.63, 3.8) is 0 Å². The van der Waals surface area contributed by atoms with Gasteiger partial charge >= 0.3 is 0 Å². The number of allylic oxidation sites excluding steroid dienone is 4. The van der Waals surface area contributed by atoms with Gasteiger partial charge in [-0.05, 0) is 83.1 Å². The topological polar surface area (TPSA) is 21.7 Å². The van der Waals surface area contributed by atoms with Crippen LogP contribution in [0.4, 0.5) is 0 Å². The zero-order valence-corrected chi connectivity index (χ0v) is 35.9. The first-order valence-electron chi connectivity index (χ1n) is 21.5. The Morgan fingerprint density at radius 1 is 0.469 bits per heavy atom. The molecule has 0 saturated carbocycles. The fourth-order valence-corrected chi connectivity index (χ4v) is 8.46. The average Bonchev–Trinajstić information content (AvgIpc) is 3.07. The fraction of sp³-hybridized carbons (Fsp3) is 0.907. The van der Waals surface area contributed by atoms with E-state index in [0.29, 0.717) is 0 Å². The highest BCUT2D eigenvalue weighted by Gasteiger charge is 2.25. The summed E-state index contributed by atoms with van der Waals surface area (Å²) in [7, 11) is 8.89. The van der Waals surface area contributed by atoms with Crippen molar-refractivity contribution in [1.82, 2.24) is 4.67 Å². The number of nitrogens with zero attached hydrogens (tertiary/aromatic N) is 2. The lowest BCUT2D eigenvalue weighted by molar-refractivity contribution is -0.870. The van der Waals surface area contributed by atoms with E-state index in [-0.39, 0.29) is 0 Å². The third-order valence-corrected chi connectivity index (χ3v) is 13.1. The molecule has 4 nitrogen and oxygen atoms in total. The fourth-order valence-electron chi connectivity index (χ4n) is 6.19. The molecule has 49 heavy (non-hydrogen) atoms. The van der Waals surface area contributed by atoms with E-state index in [1.54, 1.807) is 0 Å². The van der Waals surface area contributed by atoms with E-state index in [4.69, 9.17) is 20.9 Å². The Morgan fingerprint density at radius 2 is 0.776 bits per heavy atom. The number of rotatable bonds is 39. The molecule has 0 atom stereocenters. The van der Waals surface area contributed by atoms with Gasteiger partial charge in [0.05, 0.1) is 40.9 Å². The first-order valence-corrected chi connectivity index (χ1v) is 24.1. The maximum Gasteiger partial charge on any atom is 0.263 e. The molecule has 0 unspecified atom stereocenters. The summed E-state index contributed by atoms with van der Waals surface area (Å²) in [5, 5.41) is 0. The van der Waals surface area contributed by atoms with Crippen LogP contribution in [0.25, 0.3) is 0 Å². The van der Waals surface area contributed by atoms with Crippen molar-refractivity contribution >= 4 is 18.4 Å². The maximum atomic E-state index is 6.43. The molecule has 0 aliphatic carbocycles. The average molecular weight is 728 g/mol. The lowest BCUT2D eigenvalue weighted by atomic mass is 10.1. The van der Waals surface area contributed by atoms with Crippen molar-refractivity contribution < 1.29 is 13.5 Å². The lowest BCUT2D eigenvalue weighted by Gasteiger charge is -2.32. The van der Waals surface area contributed by atoms with Gasteiger partial charge in [-0.15, -0.1) is 0 Å². The van der Waals surface area contributed by atoms with E-state index in [9.17, 15) is 0 Å². The molecule has 0 spiro atoms. The second-order valence-corrected chi connectivity index (χ2v) is 19.3. The molecule has 292 valence electrons. The molecule has 0 saturated heterocycles. The smallest absolute Gasteiger partial charge is 0.263 e. The van der Waals surface area contributed by atoms with Gasteiger partial charge in [-0.1, -0.05) is 154 Å². The molecule has 0 aromatic rings. The van der Waals surface area contributed by atoms with Crippen molar-refractivity contribution in [2.24, 2.45) is 0 Å². The normalized spacial score (nSPS) is 12.8. The largest absolute Gasteiger partial charge is 0.331 e. The Labute approximate surface area is 314 Å². The zero-order chi connectivity index (χ0) is 36.2. The summed E-state index contributed by atoms with van der Waals surface area (Å²) in [6, 6.07) is 0. The quantitative estimate of drug-likeness (QED) is 0.0272. The van der Waals surface area contributed by atoms with Crippen LogP contribution in [0, 0.1) is 0 Å². The van der Waals surface area contributed by atoms with Crippen LogP contribution in [-0.4, -0.2) is 63.6 Å².